The maximum absolute atomic E-state index is 6.49. The average molecular weight is 259 g/mol. The molecule has 0 amide bonds. The van der Waals surface area contributed by atoms with Gasteiger partial charge in [0, 0.05) is 12.8 Å². The van der Waals surface area contributed by atoms with E-state index < -0.39 is 13.4 Å². The van der Waals surface area contributed by atoms with E-state index in [1.807, 2.05) is 7.05 Å². The van der Waals surface area contributed by atoms with Gasteiger partial charge in [0.05, 0.1) is 0 Å². The Hall–Kier alpha value is 0.0325. The molecule has 4 heteroatoms. The van der Waals surface area contributed by atoms with Crippen molar-refractivity contribution >= 4 is 29.2 Å². The molecule has 0 heterocycles. The van der Waals surface area contributed by atoms with Crippen molar-refractivity contribution in [1.29, 1.82) is 0 Å². The minimum Gasteiger partial charge on any atom is -0.456 e. The molecule has 0 aliphatic carbocycles. The van der Waals surface area contributed by atoms with E-state index in [0.29, 0.717) is 4.78 Å². The lowest BCUT2D eigenvalue weighted by atomic mass is 10.2. The van der Waals surface area contributed by atoms with Crippen LogP contribution in [0.1, 0.15) is 40.5 Å². The van der Waals surface area contributed by atoms with Crippen LogP contribution in [0.15, 0.2) is 16.8 Å². The molecule has 0 spiro atoms. The van der Waals surface area contributed by atoms with Crippen molar-refractivity contribution in [3.05, 3.63) is 11.8 Å². The SMILES string of the molecule is CCC(/C=C(/CC)[N](C)[Al]([Cl])[CH](C)C)=NC. The fourth-order valence-corrected chi connectivity index (χ4v) is 3.42. The Morgan fingerprint density at radius 1 is 1.38 bits per heavy atom. The molecule has 0 fully saturated rings. The summed E-state index contributed by atoms with van der Waals surface area (Å²) in [6, 6.07) is 0. The molecule has 0 N–H and O–H groups in total. The van der Waals surface area contributed by atoms with Crippen LogP contribution < -0.4 is 0 Å². The number of nitrogens with zero attached hydrogens (tertiary/aromatic N) is 2. The van der Waals surface area contributed by atoms with Crippen molar-refractivity contribution in [1.82, 2.24) is 3.88 Å². The predicted octanol–water partition coefficient (Wildman–Crippen LogP) is 3.83. The van der Waals surface area contributed by atoms with Gasteiger partial charge in [0.15, 0.2) is 0 Å². The molecule has 92 valence electrons. The summed E-state index contributed by atoms with van der Waals surface area (Å²) in [4.78, 5) is 4.27. The second-order valence-electron chi connectivity index (χ2n) is 4.29. The van der Waals surface area contributed by atoms with Gasteiger partial charge < -0.3 is 3.88 Å². The third-order valence-electron chi connectivity index (χ3n) is 2.72. The number of halogens is 1. The third kappa shape index (κ3) is 4.91. The summed E-state index contributed by atoms with van der Waals surface area (Å²) in [5.74, 6) is 0. The molecule has 0 aromatic rings. The van der Waals surface area contributed by atoms with E-state index in [1.54, 1.807) is 0 Å². The van der Waals surface area contributed by atoms with Crippen LogP contribution >= 0.6 is 10.0 Å². The highest BCUT2D eigenvalue weighted by Crippen LogP contribution is 2.20. The van der Waals surface area contributed by atoms with E-state index >= 15 is 0 Å². The van der Waals surface area contributed by atoms with Crippen molar-refractivity contribution < 1.29 is 0 Å². The molecule has 0 unspecified atom stereocenters. The quantitative estimate of drug-likeness (QED) is 0.522. The molecule has 0 radical (unpaired) electrons. The first-order valence-corrected chi connectivity index (χ1v) is 8.93. The highest BCUT2D eigenvalue weighted by Gasteiger charge is 2.27. The van der Waals surface area contributed by atoms with E-state index in [1.165, 1.54) is 5.70 Å². The lowest BCUT2D eigenvalue weighted by Gasteiger charge is -2.27. The molecule has 0 aromatic carbocycles. The Bertz CT molecular complexity index is 262. The molecule has 0 atom stereocenters. The van der Waals surface area contributed by atoms with Crippen LogP contribution in [0.3, 0.4) is 0 Å². The van der Waals surface area contributed by atoms with Crippen LogP contribution in [0.5, 0.6) is 0 Å². The number of rotatable bonds is 6. The summed E-state index contributed by atoms with van der Waals surface area (Å²) in [6.45, 7) is 8.69. The molecule has 0 saturated heterocycles. The van der Waals surface area contributed by atoms with Gasteiger partial charge in [0.25, 0.3) is 0 Å². The topological polar surface area (TPSA) is 15.6 Å². The molecule has 0 saturated carbocycles. The molecular weight excluding hydrogens is 235 g/mol. The monoisotopic (exact) mass is 258 g/mol. The van der Waals surface area contributed by atoms with Gasteiger partial charge in [-0.25, -0.2) is 10.0 Å². The zero-order valence-electron chi connectivity index (χ0n) is 11.4. The van der Waals surface area contributed by atoms with E-state index in [2.05, 4.69) is 49.7 Å². The summed E-state index contributed by atoms with van der Waals surface area (Å²) >= 11 is -1.34. The molecule has 0 aromatic heterocycles. The lowest BCUT2D eigenvalue weighted by Crippen LogP contribution is -2.33. The van der Waals surface area contributed by atoms with Gasteiger partial charge in [0.1, 0.15) is 0 Å². The molecule has 2 nitrogen and oxygen atoms in total. The highest BCUT2D eigenvalue weighted by atomic mass is 35.6. The first-order valence-electron chi connectivity index (χ1n) is 6.00. The summed E-state index contributed by atoms with van der Waals surface area (Å²) in [5.41, 5.74) is 2.45. The van der Waals surface area contributed by atoms with Crippen LogP contribution in [0.25, 0.3) is 0 Å². The van der Waals surface area contributed by atoms with E-state index in [4.69, 9.17) is 10.0 Å². The van der Waals surface area contributed by atoms with Crippen LogP contribution in [0.4, 0.5) is 0 Å². The Morgan fingerprint density at radius 2 is 1.94 bits per heavy atom. The first-order chi connectivity index (χ1) is 7.47. The van der Waals surface area contributed by atoms with Gasteiger partial charge in [-0.05, 0) is 31.7 Å². The predicted molar refractivity (Wildman–Crippen MR) is 76.5 cm³/mol. The van der Waals surface area contributed by atoms with Crippen molar-refractivity contribution in [2.45, 2.75) is 45.3 Å². The Labute approximate surface area is 109 Å². The van der Waals surface area contributed by atoms with Crippen molar-refractivity contribution in [2.24, 2.45) is 4.99 Å². The van der Waals surface area contributed by atoms with Gasteiger partial charge in [-0.2, -0.15) is 0 Å². The highest BCUT2D eigenvalue weighted by molar-refractivity contribution is 7.06. The lowest BCUT2D eigenvalue weighted by molar-refractivity contribution is 0.614. The second kappa shape index (κ2) is 8.17. The first kappa shape index (κ1) is 16.0. The van der Waals surface area contributed by atoms with Crippen LogP contribution in [-0.2, 0) is 0 Å². The van der Waals surface area contributed by atoms with Crippen LogP contribution in [0, 0.1) is 0 Å². The van der Waals surface area contributed by atoms with Gasteiger partial charge >= 0.3 is 13.4 Å². The van der Waals surface area contributed by atoms with Gasteiger partial charge in [-0.15, -0.1) is 0 Å². The van der Waals surface area contributed by atoms with Gasteiger partial charge in [0.2, 0.25) is 0 Å². The van der Waals surface area contributed by atoms with Crippen molar-refractivity contribution in [2.75, 3.05) is 14.1 Å². The molecule has 0 bridgehead atoms. The standard InChI is InChI=1S/C9H17N2.C3H7.Al.ClH/c1-5-8(10-3)7-9(6-2)11-4;1-3-2;;/h7H,5-6H2,1-4H3;3H,1-2H3;;1H/q-1;;+2;/p-1/b8-7-,11-9?;;;. The number of allylic oxidation sites excluding steroid dienone is 2. The Morgan fingerprint density at radius 3 is 2.25 bits per heavy atom. The Kier molecular flexibility index (Phi) is 8.19. The second-order valence-corrected chi connectivity index (χ2v) is 8.48. The maximum Gasteiger partial charge on any atom is 0.546 e. The fourth-order valence-electron chi connectivity index (χ4n) is 1.58. The summed E-state index contributed by atoms with van der Waals surface area (Å²) in [7, 11) is 10.5. The van der Waals surface area contributed by atoms with E-state index in [9.17, 15) is 0 Å². The van der Waals surface area contributed by atoms with E-state index in [0.717, 1.165) is 18.6 Å². The molecule has 16 heavy (non-hydrogen) atoms. The molecule has 0 aliphatic rings. The fraction of sp³-hybridized carbons (Fsp3) is 0.750. The minimum atomic E-state index is -1.34. The van der Waals surface area contributed by atoms with Crippen LogP contribution in [0.2, 0.25) is 4.78 Å². The normalized spacial score (nSPS) is 13.2. The zero-order chi connectivity index (χ0) is 12.7. The van der Waals surface area contributed by atoms with Crippen LogP contribution in [-0.4, -0.2) is 37.1 Å². The number of aliphatic imine (C=N–C) groups is 1. The third-order valence-corrected chi connectivity index (χ3v) is 7.28. The van der Waals surface area contributed by atoms with Gasteiger partial charge in [-0.1, -0.05) is 32.5 Å². The smallest absolute Gasteiger partial charge is 0.456 e. The molecular formula is C12H24AlClN2. The number of hydrogen-bond acceptors (Lipinski definition) is 2. The molecule has 0 aliphatic heterocycles. The maximum atomic E-state index is 6.49. The van der Waals surface area contributed by atoms with Crippen molar-refractivity contribution in [3.8, 4) is 0 Å². The summed E-state index contributed by atoms with van der Waals surface area (Å²) in [5, 5.41) is 0. The largest absolute Gasteiger partial charge is 0.546 e. The average Bonchev–Trinajstić information content (AvgIpc) is 2.29. The minimum absolute atomic E-state index is 0.574. The Balaban J connectivity index is 4.85. The zero-order valence-corrected chi connectivity index (χ0v) is 13.3. The number of hydrogen-bond donors (Lipinski definition) is 0. The van der Waals surface area contributed by atoms with E-state index in [-0.39, 0.29) is 0 Å². The van der Waals surface area contributed by atoms with Gasteiger partial charge in [-0.3, -0.25) is 4.99 Å². The van der Waals surface area contributed by atoms with Crippen molar-refractivity contribution in [3.63, 3.8) is 0 Å². The molecule has 0 rings (SSSR count). The summed E-state index contributed by atoms with van der Waals surface area (Å²) in [6.07, 6.45) is 4.17. The summed E-state index contributed by atoms with van der Waals surface area (Å²) < 4.78 is 2.86.